The first-order valence-electron chi connectivity index (χ1n) is 7.49. The van der Waals surface area contributed by atoms with Gasteiger partial charge in [-0.2, -0.15) is 0 Å². The van der Waals surface area contributed by atoms with Crippen LogP contribution >= 0.6 is 0 Å². The van der Waals surface area contributed by atoms with Crippen LogP contribution in [0.2, 0.25) is 0 Å². The SMILES string of the molecule is C/N=C\[C@]1(c2ccccc2OC)CCCCC12CCO2. The third kappa shape index (κ3) is 1.80. The average molecular weight is 273 g/mol. The Bertz CT molecular complexity index is 507. The lowest BCUT2D eigenvalue weighted by Gasteiger charge is -2.57. The number of benzene rings is 1. The quantitative estimate of drug-likeness (QED) is 0.791. The van der Waals surface area contributed by atoms with E-state index < -0.39 is 0 Å². The minimum atomic E-state index is -0.134. The largest absolute Gasteiger partial charge is 0.496 e. The molecule has 1 aromatic carbocycles. The van der Waals surface area contributed by atoms with Crippen LogP contribution in [0.4, 0.5) is 0 Å². The average Bonchev–Trinajstić information content (AvgIpc) is 2.46. The number of nitrogens with zero attached hydrogens (tertiary/aromatic N) is 1. The fourth-order valence-electron chi connectivity index (χ4n) is 4.03. The predicted octanol–water partition coefficient (Wildman–Crippen LogP) is 3.37. The molecule has 1 saturated carbocycles. The summed E-state index contributed by atoms with van der Waals surface area (Å²) in [5.74, 6) is 0.948. The molecule has 3 rings (SSSR count). The fourth-order valence-corrected chi connectivity index (χ4v) is 4.03. The van der Waals surface area contributed by atoms with Crippen LogP contribution in [0.15, 0.2) is 29.3 Å². The second-order valence-electron chi connectivity index (χ2n) is 5.86. The van der Waals surface area contributed by atoms with Gasteiger partial charge in [-0.1, -0.05) is 31.0 Å². The van der Waals surface area contributed by atoms with Crippen molar-refractivity contribution in [2.24, 2.45) is 4.99 Å². The number of ether oxygens (including phenoxy) is 2. The molecule has 20 heavy (non-hydrogen) atoms. The first-order chi connectivity index (χ1) is 9.78. The smallest absolute Gasteiger partial charge is 0.123 e. The minimum absolute atomic E-state index is 0.0700. The summed E-state index contributed by atoms with van der Waals surface area (Å²) in [6.07, 6.45) is 7.91. The van der Waals surface area contributed by atoms with E-state index in [1.807, 2.05) is 19.2 Å². The third-order valence-corrected chi connectivity index (χ3v) is 5.04. The van der Waals surface area contributed by atoms with Gasteiger partial charge in [-0.25, -0.2) is 0 Å². The van der Waals surface area contributed by atoms with Crippen molar-refractivity contribution in [1.82, 2.24) is 0 Å². The van der Waals surface area contributed by atoms with Gasteiger partial charge in [0, 0.05) is 25.2 Å². The molecule has 3 nitrogen and oxygen atoms in total. The van der Waals surface area contributed by atoms with Crippen molar-refractivity contribution in [2.45, 2.75) is 43.1 Å². The molecule has 1 heterocycles. The molecule has 1 spiro atoms. The number of rotatable bonds is 3. The summed E-state index contributed by atoms with van der Waals surface area (Å²) in [6, 6.07) is 8.33. The van der Waals surface area contributed by atoms with E-state index in [4.69, 9.17) is 9.47 Å². The predicted molar refractivity (Wildman–Crippen MR) is 80.9 cm³/mol. The van der Waals surface area contributed by atoms with Crippen LogP contribution in [0, 0.1) is 0 Å². The van der Waals surface area contributed by atoms with Crippen molar-refractivity contribution in [3.05, 3.63) is 29.8 Å². The number of hydrogen-bond acceptors (Lipinski definition) is 3. The van der Waals surface area contributed by atoms with Crippen molar-refractivity contribution < 1.29 is 9.47 Å². The molecule has 3 heteroatoms. The summed E-state index contributed by atoms with van der Waals surface area (Å²) in [5, 5.41) is 0. The molecule has 108 valence electrons. The summed E-state index contributed by atoms with van der Waals surface area (Å²) in [6.45, 7) is 0.869. The van der Waals surface area contributed by atoms with Crippen LogP contribution < -0.4 is 4.74 Å². The first-order valence-corrected chi connectivity index (χ1v) is 7.49. The van der Waals surface area contributed by atoms with Gasteiger partial charge < -0.3 is 9.47 Å². The molecule has 1 aromatic rings. The number of hydrogen-bond donors (Lipinski definition) is 0. The fraction of sp³-hybridized carbons (Fsp3) is 0.588. The Kier molecular flexibility index (Phi) is 3.55. The lowest BCUT2D eigenvalue weighted by Crippen LogP contribution is -2.62. The van der Waals surface area contributed by atoms with E-state index in [2.05, 4.69) is 23.3 Å². The Morgan fingerprint density at radius 2 is 1.95 bits per heavy atom. The zero-order valence-electron chi connectivity index (χ0n) is 12.4. The maximum Gasteiger partial charge on any atom is 0.123 e. The van der Waals surface area contributed by atoms with Crippen LogP contribution in [0.1, 0.15) is 37.7 Å². The van der Waals surface area contributed by atoms with E-state index in [-0.39, 0.29) is 11.0 Å². The van der Waals surface area contributed by atoms with Crippen molar-refractivity contribution in [3.63, 3.8) is 0 Å². The van der Waals surface area contributed by atoms with Crippen LogP contribution in [0.25, 0.3) is 0 Å². The standard InChI is InChI=1S/C17H23NO2/c1-18-13-16(14-7-3-4-8-15(14)19-2)9-5-6-10-17(16)11-12-20-17/h3-4,7-8,13H,5-6,9-12H2,1-2H3/b18-13-/t16-,17?/m0/s1. The lowest BCUT2D eigenvalue weighted by molar-refractivity contribution is -0.192. The van der Waals surface area contributed by atoms with Crippen molar-refractivity contribution in [2.75, 3.05) is 20.8 Å². The molecule has 0 radical (unpaired) electrons. The van der Waals surface area contributed by atoms with E-state index in [0.29, 0.717) is 0 Å². The van der Waals surface area contributed by atoms with Crippen LogP contribution in [0.5, 0.6) is 5.75 Å². The number of aliphatic imine (C=N–C) groups is 1. The summed E-state index contributed by atoms with van der Waals surface area (Å²) in [4.78, 5) is 4.40. The maximum atomic E-state index is 6.13. The molecule has 0 N–H and O–H groups in total. The van der Waals surface area contributed by atoms with Gasteiger partial charge in [-0.15, -0.1) is 0 Å². The van der Waals surface area contributed by atoms with Gasteiger partial charge in [0.05, 0.1) is 24.7 Å². The Morgan fingerprint density at radius 1 is 1.20 bits per heavy atom. The van der Waals surface area contributed by atoms with Crippen molar-refractivity contribution in [3.8, 4) is 5.75 Å². The topological polar surface area (TPSA) is 30.8 Å². The van der Waals surface area contributed by atoms with Crippen LogP contribution in [0.3, 0.4) is 0 Å². The van der Waals surface area contributed by atoms with Gasteiger partial charge in [0.25, 0.3) is 0 Å². The van der Waals surface area contributed by atoms with E-state index >= 15 is 0 Å². The highest BCUT2D eigenvalue weighted by Gasteiger charge is 2.58. The van der Waals surface area contributed by atoms with Gasteiger partial charge in [-0.3, -0.25) is 4.99 Å². The molecular formula is C17H23NO2. The molecular weight excluding hydrogens is 250 g/mol. The molecule has 1 saturated heterocycles. The Hall–Kier alpha value is -1.35. The van der Waals surface area contributed by atoms with E-state index in [0.717, 1.165) is 31.6 Å². The summed E-state index contributed by atoms with van der Waals surface area (Å²) >= 11 is 0. The first kappa shape index (κ1) is 13.6. The van der Waals surface area contributed by atoms with E-state index in [9.17, 15) is 0 Å². The van der Waals surface area contributed by atoms with E-state index in [1.54, 1.807) is 7.11 Å². The Morgan fingerprint density at radius 3 is 2.60 bits per heavy atom. The summed E-state index contributed by atoms with van der Waals surface area (Å²) < 4.78 is 11.7. The highest BCUT2D eigenvalue weighted by molar-refractivity contribution is 5.78. The van der Waals surface area contributed by atoms with Gasteiger partial charge in [0.2, 0.25) is 0 Å². The van der Waals surface area contributed by atoms with Gasteiger partial charge >= 0.3 is 0 Å². The molecule has 2 aliphatic rings. The molecule has 0 amide bonds. The zero-order valence-corrected chi connectivity index (χ0v) is 12.4. The van der Waals surface area contributed by atoms with Crippen molar-refractivity contribution in [1.29, 1.82) is 0 Å². The third-order valence-electron chi connectivity index (χ3n) is 5.04. The molecule has 0 bridgehead atoms. The second-order valence-corrected chi connectivity index (χ2v) is 5.86. The highest BCUT2D eigenvalue weighted by atomic mass is 16.5. The molecule has 1 aliphatic heterocycles. The maximum absolute atomic E-state index is 6.13. The number of methoxy groups -OCH3 is 1. The second kappa shape index (κ2) is 5.21. The highest BCUT2D eigenvalue weighted by Crippen LogP contribution is 2.55. The summed E-state index contributed by atoms with van der Waals surface area (Å²) in [5.41, 5.74) is 1.03. The summed E-state index contributed by atoms with van der Waals surface area (Å²) in [7, 11) is 3.60. The minimum Gasteiger partial charge on any atom is -0.496 e. The van der Waals surface area contributed by atoms with Crippen LogP contribution in [-0.2, 0) is 10.2 Å². The molecule has 0 aromatic heterocycles. The normalized spacial score (nSPS) is 33.3. The van der Waals surface area contributed by atoms with E-state index in [1.165, 1.54) is 18.4 Å². The van der Waals surface area contributed by atoms with Gasteiger partial charge in [0.15, 0.2) is 0 Å². The van der Waals surface area contributed by atoms with Gasteiger partial charge in [0.1, 0.15) is 5.75 Å². The molecule has 2 atom stereocenters. The Balaban J connectivity index is 2.15. The Labute approximate surface area is 121 Å². The molecule has 2 fully saturated rings. The molecule has 1 aliphatic carbocycles. The van der Waals surface area contributed by atoms with Crippen molar-refractivity contribution >= 4 is 6.21 Å². The molecule has 1 unspecified atom stereocenters. The van der Waals surface area contributed by atoms with Crippen LogP contribution in [-0.4, -0.2) is 32.6 Å². The number of para-hydroxylation sites is 1. The monoisotopic (exact) mass is 273 g/mol. The lowest BCUT2D eigenvalue weighted by atomic mass is 9.57. The zero-order chi connectivity index (χ0) is 14.1. The van der Waals surface area contributed by atoms with Gasteiger partial charge in [-0.05, 0) is 18.9 Å².